The number of hydrogen-bond donors (Lipinski definition) is 4. The second kappa shape index (κ2) is 10.1. The van der Waals surface area contributed by atoms with E-state index in [1.165, 1.54) is 19.9 Å². The van der Waals surface area contributed by atoms with Crippen LogP contribution in [-0.4, -0.2) is 45.0 Å². The molecule has 8 nitrogen and oxygen atoms in total. The van der Waals surface area contributed by atoms with Crippen molar-refractivity contribution in [3.63, 3.8) is 0 Å². The molecule has 0 unspecified atom stereocenters. The highest BCUT2D eigenvalue weighted by Gasteiger charge is 2.34. The van der Waals surface area contributed by atoms with Gasteiger partial charge in [-0.3, -0.25) is 9.79 Å². The molecule has 1 heterocycles. The van der Waals surface area contributed by atoms with Gasteiger partial charge in [-0.1, -0.05) is 0 Å². The van der Waals surface area contributed by atoms with Gasteiger partial charge in [0.05, 0.1) is 11.2 Å². The van der Waals surface area contributed by atoms with E-state index >= 15 is 0 Å². The Hall–Kier alpha value is -3.05. The van der Waals surface area contributed by atoms with Crippen LogP contribution < -0.4 is 11.1 Å². The number of alkyl halides is 3. The Morgan fingerprint density at radius 2 is 1.82 bits per heavy atom. The summed E-state index contributed by atoms with van der Waals surface area (Å²) < 4.78 is 38.1. The third-order valence-corrected chi connectivity index (χ3v) is 5.80. The SMILES string of the molecule is CC(C)(O)c1cc(N)c(C=NC2CCC(CO)CC2)cc1NC(=O)c1cnc(C(F)(F)F)nc1. The number of benzene rings is 1. The fraction of sp³-hybridized carbons (Fsp3) is 0.478. The van der Waals surface area contributed by atoms with Crippen LogP contribution in [-0.2, 0) is 11.8 Å². The van der Waals surface area contributed by atoms with Crippen molar-refractivity contribution < 1.29 is 28.2 Å². The molecular weight excluding hydrogens is 451 g/mol. The summed E-state index contributed by atoms with van der Waals surface area (Å²) in [5.74, 6) is -1.78. The lowest BCUT2D eigenvalue weighted by Crippen LogP contribution is -2.22. The van der Waals surface area contributed by atoms with Crippen molar-refractivity contribution in [1.82, 2.24) is 9.97 Å². The number of aromatic nitrogens is 2. The summed E-state index contributed by atoms with van der Waals surface area (Å²) in [6.07, 6.45) is 1.95. The van der Waals surface area contributed by atoms with Gasteiger partial charge in [0.25, 0.3) is 5.91 Å². The Morgan fingerprint density at radius 1 is 1.21 bits per heavy atom. The molecule has 1 saturated carbocycles. The number of aliphatic hydroxyl groups is 2. The molecule has 0 bridgehead atoms. The molecule has 1 amide bonds. The van der Waals surface area contributed by atoms with Crippen LogP contribution in [0.5, 0.6) is 0 Å². The third kappa shape index (κ3) is 6.29. The first-order chi connectivity index (χ1) is 15.9. The number of hydrogen-bond acceptors (Lipinski definition) is 7. The van der Waals surface area contributed by atoms with E-state index in [0.29, 0.717) is 22.7 Å². The first-order valence-electron chi connectivity index (χ1n) is 10.9. The van der Waals surface area contributed by atoms with E-state index in [-0.39, 0.29) is 23.9 Å². The molecule has 0 spiro atoms. The number of aliphatic hydroxyl groups excluding tert-OH is 1. The van der Waals surface area contributed by atoms with Gasteiger partial charge < -0.3 is 21.3 Å². The van der Waals surface area contributed by atoms with Gasteiger partial charge in [-0.15, -0.1) is 0 Å². The monoisotopic (exact) mass is 479 g/mol. The molecule has 1 aliphatic carbocycles. The number of amides is 1. The summed E-state index contributed by atoms with van der Waals surface area (Å²) >= 11 is 0. The average Bonchev–Trinajstić information content (AvgIpc) is 2.78. The number of nitrogen functional groups attached to an aromatic ring is 1. The molecule has 184 valence electrons. The van der Waals surface area contributed by atoms with E-state index in [1.54, 1.807) is 12.3 Å². The second-order valence-corrected chi connectivity index (χ2v) is 8.97. The average molecular weight is 480 g/mol. The van der Waals surface area contributed by atoms with E-state index in [0.717, 1.165) is 38.1 Å². The molecule has 34 heavy (non-hydrogen) atoms. The van der Waals surface area contributed by atoms with Gasteiger partial charge in [0.2, 0.25) is 5.82 Å². The number of anilines is 2. The number of nitrogens with two attached hydrogens (primary N) is 1. The van der Waals surface area contributed by atoms with Gasteiger partial charge in [-0.05, 0) is 57.6 Å². The van der Waals surface area contributed by atoms with E-state index < -0.39 is 23.5 Å². The Labute approximate surface area is 195 Å². The predicted molar refractivity (Wildman–Crippen MR) is 122 cm³/mol. The predicted octanol–water partition coefficient (Wildman–Crippen LogP) is 3.53. The maximum atomic E-state index is 12.7. The van der Waals surface area contributed by atoms with Crippen molar-refractivity contribution in [2.45, 2.75) is 57.3 Å². The molecule has 0 saturated heterocycles. The van der Waals surface area contributed by atoms with Crippen LogP contribution in [0.1, 0.15) is 66.8 Å². The summed E-state index contributed by atoms with van der Waals surface area (Å²) in [7, 11) is 0. The van der Waals surface area contributed by atoms with Crippen LogP contribution in [0.25, 0.3) is 0 Å². The number of halogens is 3. The fourth-order valence-electron chi connectivity index (χ4n) is 3.80. The van der Waals surface area contributed by atoms with E-state index in [9.17, 15) is 28.2 Å². The van der Waals surface area contributed by atoms with Gasteiger partial charge in [0.1, 0.15) is 0 Å². The van der Waals surface area contributed by atoms with Crippen LogP contribution in [0.2, 0.25) is 0 Å². The second-order valence-electron chi connectivity index (χ2n) is 8.97. The Bertz CT molecular complexity index is 1040. The number of rotatable bonds is 6. The van der Waals surface area contributed by atoms with Crippen LogP contribution in [0.3, 0.4) is 0 Å². The normalized spacial score (nSPS) is 19.4. The standard InChI is InChI=1S/C23H28F3N5O3/c1-22(2,34)17-8-18(27)14(9-28-16-5-3-13(12-32)4-6-16)7-19(17)31-20(33)15-10-29-21(30-11-15)23(24,25)26/h7-11,13,16,32,34H,3-6,12,27H2,1-2H3,(H,31,33). The highest BCUT2D eigenvalue weighted by atomic mass is 19.4. The molecule has 0 radical (unpaired) electrons. The fourth-order valence-corrected chi connectivity index (χ4v) is 3.80. The minimum Gasteiger partial charge on any atom is -0.398 e. The van der Waals surface area contributed by atoms with E-state index in [1.807, 2.05) is 0 Å². The van der Waals surface area contributed by atoms with E-state index in [2.05, 4.69) is 20.3 Å². The molecule has 1 aliphatic rings. The minimum atomic E-state index is -4.72. The lowest BCUT2D eigenvalue weighted by molar-refractivity contribution is -0.145. The molecule has 0 aliphatic heterocycles. The smallest absolute Gasteiger partial charge is 0.398 e. The summed E-state index contributed by atoms with van der Waals surface area (Å²) in [6, 6.07) is 3.19. The first-order valence-corrected chi connectivity index (χ1v) is 10.9. The molecule has 3 rings (SSSR count). The number of carbonyl (C=O) groups excluding carboxylic acids is 1. The summed E-state index contributed by atoms with van der Waals surface area (Å²) in [5, 5.41) is 22.5. The number of nitrogens with one attached hydrogen (secondary N) is 1. The zero-order chi connectivity index (χ0) is 25.1. The van der Waals surface area contributed by atoms with Crippen molar-refractivity contribution in [3.05, 3.63) is 47.0 Å². The van der Waals surface area contributed by atoms with Crippen LogP contribution >= 0.6 is 0 Å². The summed E-state index contributed by atoms with van der Waals surface area (Å²) in [4.78, 5) is 23.7. The molecule has 1 aromatic carbocycles. The maximum absolute atomic E-state index is 12.7. The van der Waals surface area contributed by atoms with Crippen LogP contribution in [0.4, 0.5) is 24.5 Å². The minimum absolute atomic E-state index is 0.0958. The number of aliphatic imine (C=N–C) groups is 1. The largest absolute Gasteiger partial charge is 0.451 e. The molecule has 5 N–H and O–H groups in total. The van der Waals surface area contributed by atoms with E-state index in [4.69, 9.17) is 5.73 Å². The lowest BCUT2D eigenvalue weighted by Gasteiger charge is -2.25. The summed E-state index contributed by atoms with van der Waals surface area (Å²) in [6.45, 7) is 3.22. The Morgan fingerprint density at radius 3 is 2.35 bits per heavy atom. The zero-order valence-electron chi connectivity index (χ0n) is 18.9. The highest BCUT2D eigenvalue weighted by Crippen LogP contribution is 2.33. The molecule has 2 aromatic rings. The molecule has 1 fully saturated rings. The van der Waals surface area contributed by atoms with Crippen molar-refractivity contribution in [2.75, 3.05) is 17.7 Å². The van der Waals surface area contributed by atoms with Crippen molar-refractivity contribution in [3.8, 4) is 0 Å². The van der Waals surface area contributed by atoms with Crippen LogP contribution in [0.15, 0.2) is 29.5 Å². The quantitative estimate of drug-likeness (QED) is 0.370. The number of carbonyl (C=O) groups is 1. The van der Waals surface area contributed by atoms with Gasteiger partial charge in [0.15, 0.2) is 0 Å². The van der Waals surface area contributed by atoms with Gasteiger partial charge in [-0.2, -0.15) is 13.2 Å². The lowest BCUT2D eigenvalue weighted by atomic mass is 9.87. The first kappa shape index (κ1) is 25.6. The van der Waals surface area contributed by atoms with Crippen molar-refractivity contribution >= 4 is 23.5 Å². The van der Waals surface area contributed by atoms with Gasteiger partial charge in [0, 0.05) is 53.8 Å². The third-order valence-electron chi connectivity index (χ3n) is 5.80. The van der Waals surface area contributed by atoms with Gasteiger partial charge >= 0.3 is 6.18 Å². The van der Waals surface area contributed by atoms with Crippen molar-refractivity contribution in [2.24, 2.45) is 10.9 Å². The van der Waals surface area contributed by atoms with Gasteiger partial charge in [-0.25, -0.2) is 9.97 Å². The van der Waals surface area contributed by atoms with Crippen molar-refractivity contribution in [1.29, 1.82) is 0 Å². The zero-order valence-corrected chi connectivity index (χ0v) is 18.9. The van der Waals surface area contributed by atoms with Crippen LogP contribution in [0, 0.1) is 5.92 Å². The topological polar surface area (TPSA) is 134 Å². The molecular formula is C23H28F3N5O3. The Kier molecular flexibility index (Phi) is 7.57. The maximum Gasteiger partial charge on any atom is 0.451 e. The summed E-state index contributed by atoms with van der Waals surface area (Å²) in [5.41, 5.74) is 6.05. The number of nitrogens with zero attached hydrogens (tertiary/aromatic N) is 3. The highest BCUT2D eigenvalue weighted by molar-refractivity contribution is 6.05. The Balaban J connectivity index is 1.85. The molecule has 0 atom stereocenters. The molecule has 11 heteroatoms. The molecule has 1 aromatic heterocycles.